The third-order valence-corrected chi connectivity index (χ3v) is 9.16. The minimum atomic E-state index is 0.255. The SMILES string of the molecule is Ic1cc[c-]cc1.Ic1cc[c-]cc1.Ic1cc[c-]cc1.Ic1cc[c-]cc1.[CH-]=CC([NH-])=Cc1ccc(C=C2C=CC(C=C3C=CC([CH]=[Ni])=N3)=N2)[nH]1. The van der Waals surface area contributed by atoms with Crippen molar-refractivity contribution in [1.82, 2.24) is 4.98 Å². The molecule has 0 spiro atoms. The molecule has 0 amide bonds. The molecule has 5 aromatic rings. The Bertz CT molecular complexity index is 1900. The number of nitrogens with zero attached hydrogens (tertiary/aromatic N) is 2. The first kappa shape index (κ1) is 43.4. The van der Waals surface area contributed by atoms with E-state index in [0.29, 0.717) is 0 Å². The Morgan fingerprint density at radius 2 is 0.962 bits per heavy atom. The molecule has 0 bridgehead atoms. The third kappa shape index (κ3) is 19.2. The van der Waals surface area contributed by atoms with Gasteiger partial charge in [0.05, 0.1) is 0 Å². The molecule has 2 aliphatic heterocycles. The van der Waals surface area contributed by atoms with E-state index in [0.717, 1.165) is 34.2 Å². The molecule has 52 heavy (non-hydrogen) atoms. The van der Waals surface area contributed by atoms with Gasteiger partial charge in [-0.1, -0.05) is 105 Å². The van der Waals surface area contributed by atoms with Crippen LogP contribution in [0.1, 0.15) is 11.4 Å². The van der Waals surface area contributed by atoms with Gasteiger partial charge in [-0.3, -0.25) is 12.7 Å². The van der Waals surface area contributed by atoms with Crippen molar-refractivity contribution in [2.45, 2.75) is 0 Å². The second-order valence-electron chi connectivity index (χ2n) is 9.98. The predicted molar refractivity (Wildman–Crippen MR) is 249 cm³/mol. The van der Waals surface area contributed by atoms with Crippen LogP contribution in [0.4, 0.5) is 0 Å². The summed E-state index contributed by atoms with van der Waals surface area (Å²) in [5.41, 5.74) is 12.9. The van der Waals surface area contributed by atoms with Crippen LogP contribution < -0.4 is 0 Å². The number of aromatic nitrogens is 1. The first-order valence-corrected chi connectivity index (χ1v) is 20.1. The van der Waals surface area contributed by atoms with Crippen molar-refractivity contribution in [2.24, 2.45) is 9.98 Å². The Labute approximate surface area is 369 Å². The predicted octanol–water partition coefficient (Wildman–Crippen LogP) is 12.4. The van der Waals surface area contributed by atoms with Crippen molar-refractivity contribution < 1.29 is 15.0 Å². The van der Waals surface area contributed by atoms with Gasteiger partial charge in [0.1, 0.15) is 0 Å². The van der Waals surface area contributed by atoms with Crippen LogP contribution >= 0.6 is 90.4 Å². The van der Waals surface area contributed by atoms with E-state index in [2.05, 4.69) is 145 Å². The van der Waals surface area contributed by atoms with Crippen LogP contribution in [0, 0.1) is 45.1 Å². The topological polar surface area (TPSA) is 64.3 Å². The standard InChI is InChI=1S/C19H14N4.4C6H4I.Ni/c1-3-14(20)10-15-6-7-18(22-15)12-19-9-8-17(23-19)11-16-5-4-13(2)21-16;4*7-6-4-2-1-3-5-6;/h1-12,20,22H;4*2-5H;/q-2;4*-1;. The average Bonchev–Trinajstić information content (AvgIpc) is 3.93. The second-order valence-corrected chi connectivity index (χ2v) is 15.2. The van der Waals surface area contributed by atoms with E-state index in [1.807, 2.05) is 146 Å². The van der Waals surface area contributed by atoms with Crippen LogP contribution in [0.3, 0.4) is 0 Å². The average molecular weight is 1170 g/mol. The molecule has 9 heteroatoms. The molecule has 2 aliphatic rings. The number of aliphatic imine (C=N–C) groups is 2. The quantitative estimate of drug-likeness (QED) is 0.0789. The summed E-state index contributed by atoms with van der Waals surface area (Å²) in [5, 5.41) is 0. The Hall–Kier alpha value is -2.98. The van der Waals surface area contributed by atoms with Crippen LogP contribution in [0.15, 0.2) is 173 Å². The molecule has 266 valence electrons. The fourth-order valence-electron chi connectivity index (χ4n) is 3.67. The second kappa shape index (κ2) is 25.9. The van der Waals surface area contributed by atoms with Crippen LogP contribution in [0.5, 0.6) is 0 Å². The van der Waals surface area contributed by atoms with E-state index in [4.69, 9.17) is 12.3 Å². The molecule has 0 atom stereocenters. The van der Waals surface area contributed by atoms with Gasteiger partial charge in [0.15, 0.2) is 0 Å². The van der Waals surface area contributed by atoms with Gasteiger partial charge in [0.2, 0.25) is 0 Å². The molecule has 0 aliphatic carbocycles. The number of halogens is 4. The first-order chi connectivity index (χ1) is 25.2. The number of benzene rings is 4. The molecule has 3 heterocycles. The van der Waals surface area contributed by atoms with E-state index in [1.54, 1.807) is 11.1 Å². The Kier molecular flexibility index (Phi) is 21.6. The Morgan fingerprint density at radius 3 is 1.33 bits per heavy atom. The van der Waals surface area contributed by atoms with Gasteiger partial charge in [-0.2, -0.15) is 121 Å². The normalized spacial score (nSPS) is 13.9. The Morgan fingerprint density at radius 1 is 0.577 bits per heavy atom. The van der Waals surface area contributed by atoms with Crippen molar-refractivity contribution in [3.8, 4) is 0 Å². The van der Waals surface area contributed by atoms with E-state index in [1.165, 1.54) is 20.4 Å². The molecule has 4 aromatic carbocycles. The zero-order valence-corrected chi connectivity index (χ0v) is 37.0. The summed E-state index contributed by atoms with van der Waals surface area (Å²) in [6.45, 7) is 5.30. The fourth-order valence-corrected chi connectivity index (χ4v) is 5.27. The maximum atomic E-state index is 7.53. The number of H-pyrrole nitrogens is 1. The number of hydrogen-bond donors (Lipinski definition) is 1. The third-order valence-electron chi connectivity index (χ3n) is 5.99. The van der Waals surface area contributed by atoms with Gasteiger partial charge >= 0.3 is 118 Å². The number of allylic oxidation sites excluding steroid dienone is 6. The first-order valence-electron chi connectivity index (χ1n) is 15.2. The minimum absolute atomic E-state index is 0.255. The van der Waals surface area contributed by atoms with Crippen LogP contribution in [0.2, 0.25) is 0 Å². The van der Waals surface area contributed by atoms with Crippen molar-refractivity contribution in [3.05, 3.63) is 225 Å². The van der Waals surface area contributed by atoms with E-state index >= 15 is 0 Å². The number of rotatable bonds is 5. The molecule has 0 saturated carbocycles. The van der Waals surface area contributed by atoms with E-state index < -0.39 is 0 Å². The zero-order valence-electron chi connectivity index (χ0n) is 27.4. The molecule has 0 unspecified atom stereocenters. The molecular weight excluding hydrogens is 1140 g/mol. The van der Waals surface area contributed by atoms with Gasteiger partial charge in [-0.25, -0.2) is 0 Å². The number of hydrogen-bond acceptors (Lipinski definition) is 2. The van der Waals surface area contributed by atoms with Crippen molar-refractivity contribution in [2.75, 3.05) is 0 Å². The summed E-state index contributed by atoms with van der Waals surface area (Å²) >= 11 is 13.6. The molecule has 4 nitrogen and oxygen atoms in total. The van der Waals surface area contributed by atoms with Gasteiger partial charge in [-0.05, 0) is 0 Å². The zero-order chi connectivity index (χ0) is 37.4. The van der Waals surface area contributed by atoms with Crippen molar-refractivity contribution >= 4 is 119 Å². The van der Waals surface area contributed by atoms with Gasteiger partial charge in [0.25, 0.3) is 0 Å². The van der Waals surface area contributed by atoms with Crippen LogP contribution in [0.25, 0.3) is 17.9 Å². The number of nitrogens with one attached hydrogen (secondary N) is 2. The molecule has 1 aromatic heterocycles. The summed E-state index contributed by atoms with van der Waals surface area (Å²) in [7, 11) is 0. The molecule has 0 saturated heterocycles. The molecule has 7 rings (SSSR count). The fraction of sp³-hybridized carbons (Fsp3) is 0. The van der Waals surface area contributed by atoms with Crippen molar-refractivity contribution in [1.29, 1.82) is 0 Å². The van der Waals surface area contributed by atoms with Gasteiger partial charge in [0, 0.05) is 0 Å². The molecular formula is C43H30I4N4Ni-6. The summed E-state index contributed by atoms with van der Waals surface area (Å²) < 4.78 is 5.04. The van der Waals surface area contributed by atoms with Crippen molar-refractivity contribution in [3.63, 3.8) is 0 Å². The summed E-state index contributed by atoms with van der Waals surface area (Å²) in [6, 6.07) is 46.9. The number of aromatic amines is 1. The van der Waals surface area contributed by atoms with Gasteiger partial charge in [-0.15, -0.1) is 6.08 Å². The maximum absolute atomic E-state index is 7.53. The van der Waals surface area contributed by atoms with Gasteiger partial charge < -0.3 is 11.4 Å². The summed E-state index contributed by atoms with van der Waals surface area (Å²) in [4.78, 5) is 13.7. The summed E-state index contributed by atoms with van der Waals surface area (Å²) in [6.07, 6.45) is 14.4. The van der Waals surface area contributed by atoms with Crippen LogP contribution in [-0.2, 0) is 15.0 Å². The van der Waals surface area contributed by atoms with E-state index in [-0.39, 0.29) is 5.70 Å². The van der Waals surface area contributed by atoms with E-state index in [9.17, 15) is 0 Å². The molecule has 0 fully saturated rings. The Balaban J connectivity index is 0.000000209. The molecule has 0 radical (unpaired) electrons. The summed E-state index contributed by atoms with van der Waals surface area (Å²) in [5.74, 6) is 0. The van der Waals surface area contributed by atoms with Crippen LogP contribution in [-0.4, -0.2) is 21.4 Å². The monoisotopic (exact) mass is 1170 g/mol. The molecule has 2 N–H and O–H groups in total.